The molecule has 0 aromatic heterocycles. The van der Waals surface area contributed by atoms with E-state index in [0.29, 0.717) is 26.2 Å². The van der Waals surface area contributed by atoms with Crippen LogP contribution in [0.15, 0.2) is 30.3 Å². The van der Waals surface area contributed by atoms with Crippen LogP contribution in [-0.4, -0.2) is 55.4 Å². The summed E-state index contributed by atoms with van der Waals surface area (Å²) in [6.45, 7) is 1.60. The van der Waals surface area contributed by atoms with Crippen LogP contribution >= 0.6 is 0 Å². The molecule has 2 fully saturated rings. The van der Waals surface area contributed by atoms with Crippen LogP contribution in [0.3, 0.4) is 0 Å². The predicted molar refractivity (Wildman–Crippen MR) is 95.1 cm³/mol. The van der Waals surface area contributed by atoms with Crippen LogP contribution in [0.1, 0.15) is 37.7 Å². The molecule has 1 aromatic carbocycles. The van der Waals surface area contributed by atoms with Crippen LogP contribution in [0, 0.1) is 5.92 Å². The van der Waals surface area contributed by atoms with Gasteiger partial charge in [0.1, 0.15) is 6.61 Å². The zero-order chi connectivity index (χ0) is 17.7. The van der Waals surface area contributed by atoms with Gasteiger partial charge in [0.2, 0.25) is 5.91 Å². The first-order valence-corrected chi connectivity index (χ1v) is 9.31. The van der Waals surface area contributed by atoms with Gasteiger partial charge in [-0.25, -0.2) is 0 Å². The molecule has 1 N–H and O–H groups in total. The van der Waals surface area contributed by atoms with E-state index in [9.17, 15) is 9.90 Å². The highest BCUT2D eigenvalue weighted by molar-refractivity contribution is 5.78. The zero-order valence-corrected chi connectivity index (χ0v) is 15.0. The number of piperidine rings is 1. The second-order valence-electron chi connectivity index (χ2n) is 7.13. The molecule has 2 aliphatic rings. The molecule has 1 aliphatic carbocycles. The van der Waals surface area contributed by atoms with Gasteiger partial charge in [0.05, 0.1) is 18.8 Å². The molecule has 1 aliphatic heterocycles. The number of rotatable bonds is 6. The maximum Gasteiger partial charge on any atom is 0.248 e. The highest BCUT2D eigenvalue weighted by Gasteiger charge is 2.50. The van der Waals surface area contributed by atoms with Crippen molar-refractivity contribution in [2.24, 2.45) is 5.92 Å². The molecule has 3 rings (SSSR count). The number of amides is 1. The van der Waals surface area contributed by atoms with E-state index in [1.165, 1.54) is 0 Å². The van der Waals surface area contributed by atoms with Crippen LogP contribution in [0.2, 0.25) is 0 Å². The summed E-state index contributed by atoms with van der Waals surface area (Å²) in [4.78, 5) is 14.6. The van der Waals surface area contributed by atoms with Crippen molar-refractivity contribution in [3.63, 3.8) is 0 Å². The quantitative estimate of drug-likeness (QED) is 0.803. The molecule has 1 heterocycles. The Morgan fingerprint density at radius 2 is 2.00 bits per heavy atom. The van der Waals surface area contributed by atoms with E-state index in [1.54, 1.807) is 7.11 Å². The van der Waals surface area contributed by atoms with Crippen LogP contribution in [0.4, 0.5) is 0 Å². The van der Waals surface area contributed by atoms with Gasteiger partial charge in [0.15, 0.2) is 0 Å². The van der Waals surface area contributed by atoms with E-state index in [1.807, 2.05) is 35.2 Å². The van der Waals surface area contributed by atoms with E-state index in [2.05, 4.69) is 0 Å². The Hall–Kier alpha value is -1.43. The Morgan fingerprint density at radius 3 is 2.76 bits per heavy atom. The number of benzene rings is 1. The molecule has 1 saturated carbocycles. The number of carbonyl (C=O) groups excluding carboxylic acids is 1. The SMILES string of the molecule is COCCOCC(=O)N1CC[C@@](O)(c2ccccc2)[C@H]2CCCC[C@@H]21. The Kier molecular flexibility index (Phi) is 6.10. The summed E-state index contributed by atoms with van der Waals surface area (Å²) < 4.78 is 10.4. The molecule has 0 spiro atoms. The van der Waals surface area contributed by atoms with Gasteiger partial charge < -0.3 is 19.5 Å². The summed E-state index contributed by atoms with van der Waals surface area (Å²) in [6.07, 6.45) is 4.74. The number of hydrogen-bond donors (Lipinski definition) is 1. The monoisotopic (exact) mass is 347 g/mol. The molecule has 0 unspecified atom stereocenters. The van der Waals surface area contributed by atoms with Crippen molar-refractivity contribution in [1.82, 2.24) is 4.90 Å². The molecular formula is C20H29NO4. The van der Waals surface area contributed by atoms with E-state index in [0.717, 1.165) is 31.2 Å². The molecule has 1 aromatic rings. The average Bonchev–Trinajstić information content (AvgIpc) is 2.66. The molecule has 3 atom stereocenters. The number of likely N-dealkylation sites (tertiary alicyclic amines) is 1. The first kappa shape index (κ1) is 18.4. The van der Waals surface area contributed by atoms with Crippen molar-refractivity contribution in [2.75, 3.05) is 33.5 Å². The molecule has 5 nitrogen and oxygen atoms in total. The standard InChI is InChI=1S/C20H29NO4/c1-24-13-14-25-15-19(22)21-12-11-20(23,16-7-3-2-4-8-16)17-9-5-6-10-18(17)21/h2-4,7-8,17-18,23H,5-6,9-15H2,1H3/t17-,18-,20+/m0/s1. The fraction of sp³-hybridized carbons (Fsp3) is 0.650. The number of fused-ring (bicyclic) bond motifs is 1. The highest BCUT2D eigenvalue weighted by atomic mass is 16.5. The fourth-order valence-electron chi connectivity index (χ4n) is 4.46. The molecule has 0 radical (unpaired) electrons. The maximum atomic E-state index is 12.6. The van der Waals surface area contributed by atoms with Crippen molar-refractivity contribution in [2.45, 2.75) is 43.7 Å². The summed E-state index contributed by atoms with van der Waals surface area (Å²) in [5, 5.41) is 11.5. The molecule has 5 heteroatoms. The third-order valence-electron chi connectivity index (χ3n) is 5.73. The molecule has 138 valence electrons. The largest absolute Gasteiger partial charge is 0.385 e. The van der Waals surface area contributed by atoms with Gasteiger partial charge in [-0.1, -0.05) is 43.2 Å². The summed E-state index contributed by atoms with van der Waals surface area (Å²) >= 11 is 0. The summed E-state index contributed by atoms with van der Waals surface area (Å²) in [5.74, 6) is 0.128. The topological polar surface area (TPSA) is 59.0 Å². The molecule has 1 amide bonds. The number of carbonyl (C=O) groups is 1. The molecule has 1 saturated heterocycles. The van der Waals surface area contributed by atoms with E-state index in [-0.39, 0.29) is 24.5 Å². The van der Waals surface area contributed by atoms with Gasteiger partial charge in [-0.2, -0.15) is 0 Å². The average molecular weight is 347 g/mol. The first-order chi connectivity index (χ1) is 12.2. The van der Waals surface area contributed by atoms with Crippen LogP contribution < -0.4 is 0 Å². The van der Waals surface area contributed by atoms with Gasteiger partial charge in [0.25, 0.3) is 0 Å². The number of ether oxygens (including phenoxy) is 2. The lowest BCUT2D eigenvalue weighted by molar-refractivity contribution is -0.159. The summed E-state index contributed by atoms with van der Waals surface area (Å²) in [5.41, 5.74) is 0.149. The molecular weight excluding hydrogens is 318 g/mol. The first-order valence-electron chi connectivity index (χ1n) is 9.31. The number of aliphatic hydroxyl groups is 1. The third-order valence-corrected chi connectivity index (χ3v) is 5.73. The van der Waals surface area contributed by atoms with Crippen molar-refractivity contribution in [3.05, 3.63) is 35.9 Å². The Balaban J connectivity index is 1.73. The minimum absolute atomic E-state index is 0.0307. The van der Waals surface area contributed by atoms with Gasteiger partial charge in [0, 0.05) is 25.6 Å². The molecule has 0 bridgehead atoms. The lowest BCUT2D eigenvalue weighted by Gasteiger charge is -2.52. The predicted octanol–water partition coefficient (Wildman–Crippen LogP) is 2.33. The lowest BCUT2D eigenvalue weighted by atomic mass is 9.66. The Morgan fingerprint density at radius 1 is 1.24 bits per heavy atom. The number of nitrogens with zero attached hydrogens (tertiary/aromatic N) is 1. The van der Waals surface area contributed by atoms with Gasteiger partial charge >= 0.3 is 0 Å². The van der Waals surface area contributed by atoms with E-state index < -0.39 is 5.60 Å². The Labute approximate surface area is 149 Å². The van der Waals surface area contributed by atoms with Crippen molar-refractivity contribution >= 4 is 5.91 Å². The zero-order valence-electron chi connectivity index (χ0n) is 15.0. The van der Waals surface area contributed by atoms with Crippen LogP contribution in [0.5, 0.6) is 0 Å². The van der Waals surface area contributed by atoms with Gasteiger partial charge in [-0.3, -0.25) is 4.79 Å². The normalized spacial score (nSPS) is 29.3. The maximum absolute atomic E-state index is 12.6. The van der Waals surface area contributed by atoms with Crippen LogP contribution in [-0.2, 0) is 19.9 Å². The third kappa shape index (κ3) is 3.89. The van der Waals surface area contributed by atoms with Crippen molar-refractivity contribution in [1.29, 1.82) is 0 Å². The van der Waals surface area contributed by atoms with E-state index >= 15 is 0 Å². The second-order valence-corrected chi connectivity index (χ2v) is 7.13. The van der Waals surface area contributed by atoms with Crippen LogP contribution in [0.25, 0.3) is 0 Å². The van der Waals surface area contributed by atoms with Crippen molar-refractivity contribution in [3.8, 4) is 0 Å². The van der Waals surface area contributed by atoms with Crippen molar-refractivity contribution < 1.29 is 19.4 Å². The second kappa shape index (κ2) is 8.30. The number of hydrogen-bond acceptors (Lipinski definition) is 4. The van der Waals surface area contributed by atoms with Gasteiger partial charge in [-0.05, 0) is 24.8 Å². The molecule has 25 heavy (non-hydrogen) atoms. The minimum Gasteiger partial charge on any atom is -0.385 e. The summed E-state index contributed by atoms with van der Waals surface area (Å²) in [6, 6.07) is 10.1. The smallest absolute Gasteiger partial charge is 0.248 e. The van der Waals surface area contributed by atoms with E-state index in [4.69, 9.17) is 9.47 Å². The van der Waals surface area contributed by atoms with Gasteiger partial charge in [-0.15, -0.1) is 0 Å². The highest BCUT2D eigenvalue weighted by Crippen LogP contribution is 2.46. The summed E-state index contributed by atoms with van der Waals surface area (Å²) in [7, 11) is 1.62. The minimum atomic E-state index is -0.833. The lowest BCUT2D eigenvalue weighted by Crippen LogP contribution is -2.59. The fourth-order valence-corrected chi connectivity index (χ4v) is 4.46. The Bertz CT molecular complexity index is 564. The number of methoxy groups -OCH3 is 1.